The largest absolute Gasteiger partial charge is 0.241 e. The van der Waals surface area contributed by atoms with Crippen molar-refractivity contribution in [1.29, 1.82) is 0 Å². The highest BCUT2D eigenvalue weighted by Crippen LogP contribution is 2.22. The first-order valence-corrected chi connectivity index (χ1v) is 9.46. The average Bonchev–Trinajstić information content (AvgIpc) is 3.11. The molecule has 0 bridgehead atoms. The van der Waals surface area contributed by atoms with Crippen LogP contribution in [0.1, 0.15) is 24.1 Å². The lowest BCUT2D eigenvalue weighted by molar-refractivity contribution is 0.567. The highest BCUT2D eigenvalue weighted by atomic mass is 35.5. The van der Waals surface area contributed by atoms with E-state index in [4.69, 9.17) is 11.6 Å². The molecule has 0 saturated heterocycles. The van der Waals surface area contributed by atoms with Crippen LogP contribution in [0, 0.1) is 6.92 Å². The molecule has 1 atom stereocenters. The minimum atomic E-state index is -3.66. The lowest BCUT2D eigenvalue weighted by atomic mass is 10.1. The van der Waals surface area contributed by atoms with E-state index in [-0.39, 0.29) is 4.90 Å². The fourth-order valence-corrected chi connectivity index (χ4v) is 3.87. The molecule has 130 valence electrons. The number of aryl methyl sites for hydroxylation is 1. The predicted octanol–water partition coefficient (Wildman–Crippen LogP) is 3.27. The molecule has 0 spiro atoms. The molecule has 0 radical (unpaired) electrons. The molecule has 2 aromatic carbocycles. The van der Waals surface area contributed by atoms with Gasteiger partial charge in [0.2, 0.25) is 10.0 Å². The number of hydrogen-bond donors (Lipinski definition) is 1. The number of nitrogens with one attached hydrogen (secondary N) is 1. The van der Waals surface area contributed by atoms with Crippen molar-refractivity contribution < 1.29 is 8.42 Å². The molecule has 0 aliphatic rings. The Balaban J connectivity index is 1.78. The third-order valence-corrected chi connectivity index (χ3v) is 5.81. The maximum Gasteiger partial charge on any atom is 0.241 e. The fraction of sp³-hybridized carbons (Fsp3) is 0.176. The Kier molecular flexibility index (Phi) is 4.89. The van der Waals surface area contributed by atoms with Crippen molar-refractivity contribution in [2.24, 2.45) is 0 Å². The van der Waals surface area contributed by atoms with Crippen molar-refractivity contribution in [3.05, 3.63) is 71.3 Å². The number of nitrogens with zero attached hydrogens (tertiary/aromatic N) is 3. The standard InChI is InChI=1S/C17H17ClN4O2S/c1-12-3-8-16(9-17(12)18)25(23,24)21-13(2)14-4-6-15(7-5-14)22-11-19-10-20-22/h3-11,13,21H,1-2H3. The van der Waals surface area contributed by atoms with E-state index in [2.05, 4.69) is 14.8 Å². The second-order valence-corrected chi connectivity index (χ2v) is 7.81. The van der Waals surface area contributed by atoms with E-state index in [1.165, 1.54) is 12.4 Å². The van der Waals surface area contributed by atoms with E-state index in [1.807, 2.05) is 31.2 Å². The Hall–Kier alpha value is -2.22. The number of benzene rings is 2. The zero-order valence-electron chi connectivity index (χ0n) is 13.7. The monoisotopic (exact) mass is 376 g/mol. The van der Waals surface area contributed by atoms with Gasteiger partial charge in [-0.2, -0.15) is 5.10 Å². The van der Waals surface area contributed by atoms with Gasteiger partial charge in [-0.3, -0.25) is 0 Å². The van der Waals surface area contributed by atoms with Crippen LogP contribution in [0.5, 0.6) is 0 Å². The van der Waals surface area contributed by atoms with Crippen molar-refractivity contribution in [3.63, 3.8) is 0 Å². The summed E-state index contributed by atoms with van der Waals surface area (Å²) in [7, 11) is -3.66. The molecule has 1 heterocycles. The minimum absolute atomic E-state index is 0.147. The molecule has 0 amide bonds. The van der Waals surface area contributed by atoms with E-state index in [9.17, 15) is 8.42 Å². The molecule has 0 aliphatic carbocycles. The number of hydrogen-bond acceptors (Lipinski definition) is 4. The molecule has 25 heavy (non-hydrogen) atoms. The van der Waals surface area contributed by atoms with Gasteiger partial charge in [-0.15, -0.1) is 0 Å². The molecule has 0 fully saturated rings. The zero-order chi connectivity index (χ0) is 18.0. The Bertz CT molecular complexity index is 970. The summed E-state index contributed by atoms with van der Waals surface area (Å²) in [4.78, 5) is 4.05. The van der Waals surface area contributed by atoms with Crippen LogP contribution in [0.4, 0.5) is 0 Å². The van der Waals surface area contributed by atoms with Crippen molar-refractivity contribution in [1.82, 2.24) is 19.5 Å². The molecule has 1 unspecified atom stereocenters. The van der Waals surface area contributed by atoms with Gasteiger partial charge in [-0.25, -0.2) is 22.8 Å². The van der Waals surface area contributed by atoms with Crippen LogP contribution in [0.2, 0.25) is 5.02 Å². The van der Waals surface area contributed by atoms with Crippen LogP contribution in [0.25, 0.3) is 5.69 Å². The molecule has 6 nitrogen and oxygen atoms in total. The van der Waals surface area contributed by atoms with Crippen LogP contribution < -0.4 is 4.72 Å². The zero-order valence-corrected chi connectivity index (χ0v) is 15.3. The molecule has 0 aliphatic heterocycles. The summed E-state index contributed by atoms with van der Waals surface area (Å²) in [5.41, 5.74) is 2.52. The van der Waals surface area contributed by atoms with E-state index in [0.717, 1.165) is 16.8 Å². The smallest absolute Gasteiger partial charge is 0.223 e. The van der Waals surface area contributed by atoms with E-state index in [1.54, 1.807) is 30.1 Å². The second-order valence-electron chi connectivity index (χ2n) is 5.69. The lowest BCUT2D eigenvalue weighted by Crippen LogP contribution is -2.27. The van der Waals surface area contributed by atoms with Gasteiger partial charge < -0.3 is 0 Å². The van der Waals surface area contributed by atoms with E-state index < -0.39 is 16.1 Å². The van der Waals surface area contributed by atoms with Crippen molar-refractivity contribution in [2.45, 2.75) is 24.8 Å². The number of aromatic nitrogens is 3. The predicted molar refractivity (Wildman–Crippen MR) is 96.3 cm³/mol. The van der Waals surface area contributed by atoms with Crippen LogP contribution >= 0.6 is 11.6 Å². The van der Waals surface area contributed by atoms with Gasteiger partial charge in [0, 0.05) is 11.1 Å². The van der Waals surface area contributed by atoms with Crippen molar-refractivity contribution >= 4 is 21.6 Å². The van der Waals surface area contributed by atoms with Crippen LogP contribution in [0.15, 0.2) is 60.0 Å². The summed E-state index contributed by atoms with van der Waals surface area (Å²) in [6, 6.07) is 11.7. The Morgan fingerprint density at radius 2 is 1.88 bits per heavy atom. The van der Waals surface area contributed by atoms with Gasteiger partial charge in [-0.1, -0.05) is 29.8 Å². The summed E-state index contributed by atoms with van der Waals surface area (Å²) < 4.78 is 29.4. The topological polar surface area (TPSA) is 76.9 Å². The molecule has 1 aromatic heterocycles. The minimum Gasteiger partial charge on any atom is -0.223 e. The maximum atomic E-state index is 12.5. The van der Waals surface area contributed by atoms with E-state index >= 15 is 0 Å². The van der Waals surface area contributed by atoms with Crippen molar-refractivity contribution in [2.75, 3.05) is 0 Å². The summed E-state index contributed by atoms with van der Waals surface area (Å²) >= 11 is 6.03. The van der Waals surface area contributed by atoms with Gasteiger partial charge in [0.15, 0.2) is 0 Å². The summed E-state index contributed by atoms with van der Waals surface area (Å²) in [5.74, 6) is 0. The summed E-state index contributed by atoms with van der Waals surface area (Å²) in [6.45, 7) is 3.61. The third-order valence-electron chi connectivity index (χ3n) is 3.86. The molecule has 1 N–H and O–H groups in total. The molecule has 0 saturated carbocycles. The SMILES string of the molecule is Cc1ccc(S(=O)(=O)NC(C)c2ccc(-n3cncn3)cc2)cc1Cl. The first-order chi connectivity index (χ1) is 11.9. The Labute approximate surface area is 151 Å². The highest BCUT2D eigenvalue weighted by molar-refractivity contribution is 7.89. The fourth-order valence-electron chi connectivity index (χ4n) is 2.37. The van der Waals surface area contributed by atoms with Gasteiger partial charge in [0.05, 0.1) is 10.6 Å². The first-order valence-electron chi connectivity index (χ1n) is 7.60. The van der Waals surface area contributed by atoms with Crippen molar-refractivity contribution in [3.8, 4) is 5.69 Å². The average molecular weight is 377 g/mol. The summed E-state index contributed by atoms with van der Waals surface area (Å²) in [6.07, 6.45) is 3.06. The maximum absolute atomic E-state index is 12.5. The second kappa shape index (κ2) is 6.95. The molecular formula is C17H17ClN4O2S. The Morgan fingerprint density at radius 3 is 2.48 bits per heavy atom. The number of rotatable bonds is 5. The highest BCUT2D eigenvalue weighted by Gasteiger charge is 2.19. The van der Waals surface area contributed by atoms with E-state index in [0.29, 0.717) is 5.02 Å². The van der Waals surface area contributed by atoms with Gasteiger partial charge >= 0.3 is 0 Å². The van der Waals surface area contributed by atoms with Gasteiger partial charge in [0.25, 0.3) is 0 Å². The lowest BCUT2D eigenvalue weighted by Gasteiger charge is -2.15. The molecule has 8 heteroatoms. The molecule has 3 rings (SSSR count). The first kappa shape index (κ1) is 17.6. The summed E-state index contributed by atoms with van der Waals surface area (Å²) in [5, 5.41) is 4.48. The van der Waals surface area contributed by atoms with Gasteiger partial charge in [0.1, 0.15) is 12.7 Å². The quantitative estimate of drug-likeness (QED) is 0.741. The van der Waals surface area contributed by atoms with Crippen LogP contribution in [-0.4, -0.2) is 23.2 Å². The van der Waals surface area contributed by atoms with Crippen LogP contribution in [-0.2, 0) is 10.0 Å². The normalized spacial score (nSPS) is 12.9. The van der Waals surface area contributed by atoms with Crippen LogP contribution in [0.3, 0.4) is 0 Å². The van der Waals surface area contributed by atoms with Gasteiger partial charge in [-0.05, 0) is 49.2 Å². The number of sulfonamides is 1. The Morgan fingerprint density at radius 1 is 1.16 bits per heavy atom. The number of halogens is 1. The molecular weight excluding hydrogens is 360 g/mol. The molecule has 3 aromatic rings. The third kappa shape index (κ3) is 3.89.